The summed E-state index contributed by atoms with van der Waals surface area (Å²) in [5.41, 5.74) is 1.12. The third-order valence-electron chi connectivity index (χ3n) is 6.27. The first-order valence-corrected chi connectivity index (χ1v) is 13.7. The van der Waals surface area contributed by atoms with Gasteiger partial charge in [-0.1, -0.05) is 47.2 Å². The summed E-state index contributed by atoms with van der Waals surface area (Å²) in [7, 11) is 2.81. The molecule has 2 aromatic carbocycles. The first-order valence-electron chi connectivity index (χ1n) is 12.1. The van der Waals surface area contributed by atoms with Gasteiger partial charge in [-0.15, -0.1) is 0 Å². The van der Waals surface area contributed by atoms with Crippen molar-refractivity contribution < 1.29 is 28.2 Å². The highest BCUT2D eigenvalue weighted by Gasteiger charge is 2.45. The van der Waals surface area contributed by atoms with Crippen LogP contribution >= 0.6 is 27.3 Å². The average molecular weight is 613 g/mol. The maximum atomic E-state index is 13.9. The van der Waals surface area contributed by atoms with E-state index in [9.17, 15) is 14.4 Å². The number of esters is 1. The number of ether oxygens (including phenoxy) is 3. The van der Waals surface area contributed by atoms with Crippen LogP contribution in [0.3, 0.4) is 0 Å². The second-order valence-corrected chi connectivity index (χ2v) is 11.3. The van der Waals surface area contributed by atoms with Gasteiger partial charge in [-0.2, -0.15) is 0 Å². The van der Waals surface area contributed by atoms with Crippen molar-refractivity contribution in [2.75, 3.05) is 25.7 Å². The van der Waals surface area contributed by atoms with Crippen molar-refractivity contribution in [3.05, 3.63) is 78.6 Å². The van der Waals surface area contributed by atoms with Crippen LogP contribution in [0.4, 0.5) is 5.13 Å². The Balaban J connectivity index is 1.73. The fraction of sp³-hybridized carbons (Fsp3) is 0.286. The van der Waals surface area contributed by atoms with Gasteiger partial charge in [-0.05, 0) is 48.7 Å². The van der Waals surface area contributed by atoms with Gasteiger partial charge in [0.1, 0.15) is 10.5 Å². The lowest BCUT2D eigenvalue weighted by Gasteiger charge is -2.23. The third kappa shape index (κ3) is 4.70. The highest BCUT2D eigenvalue weighted by molar-refractivity contribution is 9.10. The molecular weight excluding hydrogens is 588 g/mol. The van der Waals surface area contributed by atoms with Gasteiger partial charge in [0.2, 0.25) is 5.76 Å². The Morgan fingerprint density at radius 1 is 1.15 bits per heavy atom. The van der Waals surface area contributed by atoms with E-state index < -0.39 is 17.9 Å². The lowest BCUT2D eigenvalue weighted by atomic mass is 9.98. The zero-order valence-corrected chi connectivity index (χ0v) is 24.3. The summed E-state index contributed by atoms with van der Waals surface area (Å²) in [6, 6.07) is 9.42. The summed E-state index contributed by atoms with van der Waals surface area (Å²) < 4.78 is 23.1. The SMILES string of the molecule is COC(=O)c1sc(N2C(=O)c3oc4ccc(Br)cc4c(=O)c3C2c2ccc(OCC(C)C)c(OC)c2)nc1C. The topological polar surface area (TPSA) is 108 Å². The van der Waals surface area contributed by atoms with Gasteiger partial charge in [0.15, 0.2) is 22.1 Å². The molecule has 0 saturated heterocycles. The molecule has 0 spiro atoms. The Bertz CT molecular complexity index is 1680. The summed E-state index contributed by atoms with van der Waals surface area (Å²) in [4.78, 5) is 46.3. The number of benzene rings is 2. The maximum Gasteiger partial charge on any atom is 0.350 e. The van der Waals surface area contributed by atoms with Crippen LogP contribution < -0.4 is 19.8 Å². The Labute approximate surface area is 236 Å². The number of amides is 1. The summed E-state index contributed by atoms with van der Waals surface area (Å²) >= 11 is 4.42. The molecular formula is C28H25BrN2O7S. The smallest absolute Gasteiger partial charge is 0.350 e. The Morgan fingerprint density at radius 3 is 2.62 bits per heavy atom. The Kier molecular flexibility index (Phi) is 7.21. The van der Waals surface area contributed by atoms with Crippen LogP contribution in [-0.2, 0) is 4.74 Å². The molecule has 3 heterocycles. The number of fused-ring (bicyclic) bond motifs is 2. The van der Waals surface area contributed by atoms with Gasteiger partial charge >= 0.3 is 5.97 Å². The number of aryl methyl sites for hydroxylation is 1. The molecule has 0 radical (unpaired) electrons. The van der Waals surface area contributed by atoms with E-state index in [2.05, 4.69) is 20.9 Å². The van der Waals surface area contributed by atoms with Gasteiger partial charge in [-0.25, -0.2) is 9.78 Å². The van der Waals surface area contributed by atoms with Gasteiger partial charge in [0.05, 0.1) is 43.5 Å². The zero-order chi connectivity index (χ0) is 28.0. The highest BCUT2D eigenvalue weighted by atomic mass is 79.9. The van der Waals surface area contributed by atoms with Crippen LogP contribution in [0.5, 0.6) is 11.5 Å². The molecule has 1 atom stereocenters. The number of hydrogen-bond donors (Lipinski definition) is 0. The second-order valence-electron chi connectivity index (χ2n) is 9.41. The maximum absolute atomic E-state index is 13.9. The first kappa shape index (κ1) is 26.9. The van der Waals surface area contributed by atoms with Crippen molar-refractivity contribution in [2.45, 2.75) is 26.8 Å². The Hall–Kier alpha value is -3.70. The molecule has 5 rings (SSSR count). The highest BCUT2D eigenvalue weighted by Crippen LogP contribution is 2.45. The number of rotatable bonds is 7. The van der Waals surface area contributed by atoms with Crippen molar-refractivity contribution in [1.29, 1.82) is 0 Å². The van der Waals surface area contributed by atoms with Crippen molar-refractivity contribution in [1.82, 2.24) is 4.98 Å². The van der Waals surface area contributed by atoms with Crippen molar-refractivity contribution in [3.63, 3.8) is 0 Å². The number of hydrogen-bond acceptors (Lipinski definition) is 9. The number of methoxy groups -OCH3 is 2. The van der Waals surface area contributed by atoms with Crippen LogP contribution in [0.2, 0.25) is 0 Å². The molecule has 0 N–H and O–H groups in total. The predicted octanol–water partition coefficient (Wildman–Crippen LogP) is 5.90. The van der Waals surface area contributed by atoms with Gasteiger partial charge in [-0.3, -0.25) is 14.5 Å². The molecule has 1 aliphatic rings. The Morgan fingerprint density at radius 2 is 1.92 bits per heavy atom. The molecule has 9 nitrogen and oxygen atoms in total. The summed E-state index contributed by atoms with van der Waals surface area (Å²) in [6.07, 6.45) is 0. The lowest BCUT2D eigenvalue weighted by Crippen LogP contribution is -2.29. The van der Waals surface area contributed by atoms with Crippen LogP contribution in [0, 0.1) is 12.8 Å². The van der Waals surface area contributed by atoms with Crippen LogP contribution in [-0.4, -0.2) is 37.7 Å². The fourth-order valence-corrected chi connectivity index (χ4v) is 5.83. The molecule has 0 fully saturated rings. The number of anilines is 1. The number of thiazole rings is 1. The van der Waals surface area contributed by atoms with Gasteiger partial charge in [0, 0.05) is 4.47 Å². The molecule has 0 bridgehead atoms. The van der Waals surface area contributed by atoms with Gasteiger partial charge < -0.3 is 18.6 Å². The van der Waals surface area contributed by atoms with Crippen LogP contribution in [0.15, 0.2) is 50.1 Å². The number of carbonyl (C=O) groups is 2. The number of carbonyl (C=O) groups excluding carboxylic acids is 2. The number of halogens is 1. The summed E-state index contributed by atoms with van der Waals surface area (Å²) in [5.74, 6) is 0.118. The third-order valence-corrected chi connectivity index (χ3v) is 7.90. The quantitative estimate of drug-likeness (QED) is 0.237. The zero-order valence-electron chi connectivity index (χ0n) is 21.9. The van der Waals surface area contributed by atoms with E-state index in [1.807, 2.05) is 13.8 Å². The van der Waals surface area contributed by atoms with E-state index in [4.69, 9.17) is 18.6 Å². The second kappa shape index (κ2) is 10.5. The molecule has 4 aromatic rings. The van der Waals surface area contributed by atoms with Crippen LogP contribution in [0.25, 0.3) is 11.0 Å². The monoisotopic (exact) mass is 612 g/mol. The standard InChI is InChI=1S/C28H25BrN2O7S/c1-13(2)12-37-19-8-6-15(10-20(19)35-4)22-21-23(32)17-11-16(29)7-9-18(17)38-24(21)26(33)31(22)28-30-14(3)25(39-28)27(34)36-5/h6-11,13,22H,12H2,1-5H3. The van der Waals surface area contributed by atoms with Crippen molar-refractivity contribution >= 4 is 55.2 Å². The normalized spacial score (nSPS) is 14.7. The van der Waals surface area contributed by atoms with E-state index >= 15 is 0 Å². The molecule has 0 aliphatic carbocycles. The molecule has 202 valence electrons. The van der Waals surface area contributed by atoms with E-state index in [-0.39, 0.29) is 32.3 Å². The summed E-state index contributed by atoms with van der Waals surface area (Å²) in [6.45, 7) is 6.24. The minimum atomic E-state index is -0.892. The van der Waals surface area contributed by atoms with Crippen molar-refractivity contribution in [2.24, 2.45) is 5.92 Å². The average Bonchev–Trinajstić information content (AvgIpc) is 3.44. The van der Waals surface area contributed by atoms with Crippen molar-refractivity contribution in [3.8, 4) is 11.5 Å². The molecule has 11 heteroatoms. The van der Waals surface area contributed by atoms with E-state index in [1.165, 1.54) is 19.1 Å². The largest absolute Gasteiger partial charge is 0.493 e. The lowest BCUT2D eigenvalue weighted by molar-refractivity contribution is 0.0605. The van der Waals surface area contributed by atoms with E-state index in [0.717, 1.165) is 11.3 Å². The summed E-state index contributed by atoms with van der Waals surface area (Å²) in [5, 5.41) is 0.565. The number of aromatic nitrogens is 1. The fourth-order valence-electron chi connectivity index (χ4n) is 4.46. The molecule has 0 saturated carbocycles. The van der Waals surface area contributed by atoms with Gasteiger partial charge in [0.25, 0.3) is 5.91 Å². The minimum Gasteiger partial charge on any atom is -0.493 e. The predicted molar refractivity (Wildman–Crippen MR) is 150 cm³/mol. The molecule has 1 aliphatic heterocycles. The molecule has 2 aromatic heterocycles. The van der Waals surface area contributed by atoms with E-state index in [1.54, 1.807) is 43.3 Å². The number of nitrogens with zero attached hydrogens (tertiary/aromatic N) is 2. The molecule has 39 heavy (non-hydrogen) atoms. The van der Waals surface area contributed by atoms with Crippen LogP contribution in [0.1, 0.15) is 56.9 Å². The first-order chi connectivity index (χ1) is 18.6. The molecule has 1 amide bonds. The van der Waals surface area contributed by atoms with E-state index in [0.29, 0.717) is 45.1 Å². The molecule has 1 unspecified atom stereocenters. The minimum absolute atomic E-state index is 0.0774.